The van der Waals surface area contributed by atoms with Crippen LogP contribution in [0.4, 0.5) is 5.82 Å². The van der Waals surface area contributed by atoms with Crippen molar-refractivity contribution in [2.45, 2.75) is 37.8 Å². The van der Waals surface area contributed by atoms with Gasteiger partial charge in [-0.3, -0.25) is 4.79 Å². The van der Waals surface area contributed by atoms with E-state index in [9.17, 15) is 4.79 Å². The average molecular weight is 469 g/mol. The second-order valence-corrected chi connectivity index (χ2v) is 8.81. The number of nitrogens with two attached hydrogens (primary N) is 1. The molecule has 0 radical (unpaired) electrons. The quantitative estimate of drug-likeness (QED) is 0.400. The Hall–Kier alpha value is -4.20. The van der Waals surface area contributed by atoms with Gasteiger partial charge in [-0.15, -0.1) is 0 Å². The molecule has 2 heterocycles. The minimum absolute atomic E-state index is 0.0412. The second-order valence-electron chi connectivity index (χ2n) is 8.81. The average Bonchev–Trinajstić information content (AvgIpc) is 3.30. The topological polar surface area (TPSA) is 99.2 Å². The van der Waals surface area contributed by atoms with Gasteiger partial charge in [-0.05, 0) is 68.2 Å². The van der Waals surface area contributed by atoms with Crippen LogP contribution >= 0.6 is 0 Å². The van der Waals surface area contributed by atoms with Crippen molar-refractivity contribution in [2.24, 2.45) is 0 Å². The van der Waals surface area contributed by atoms with E-state index in [2.05, 4.69) is 16.5 Å². The van der Waals surface area contributed by atoms with Crippen LogP contribution < -0.4 is 10.5 Å². The molecule has 0 aliphatic heterocycles. The first-order chi connectivity index (χ1) is 17.0. The van der Waals surface area contributed by atoms with Gasteiger partial charge >= 0.3 is 0 Å². The Kier molecular flexibility index (Phi) is 6.18. The number of likely N-dealkylation sites (N-methyl/N-ethyl adjacent to an activating group) is 1. The van der Waals surface area contributed by atoms with E-state index >= 15 is 0 Å². The Bertz CT molecular complexity index is 1340. The third kappa shape index (κ3) is 4.47. The third-order valence-electron chi connectivity index (χ3n) is 6.71. The smallest absolute Gasteiger partial charge is 0.245 e. The molecule has 1 aliphatic carbocycles. The molecule has 0 bridgehead atoms. The summed E-state index contributed by atoms with van der Waals surface area (Å²) in [4.78, 5) is 22.6. The van der Waals surface area contributed by atoms with E-state index in [1.54, 1.807) is 4.90 Å². The molecule has 8 nitrogen and oxygen atoms in total. The number of rotatable bonds is 6. The molecule has 1 fully saturated rings. The van der Waals surface area contributed by atoms with E-state index in [1.165, 1.54) is 12.4 Å². The van der Waals surface area contributed by atoms with Crippen molar-refractivity contribution in [3.05, 3.63) is 73.6 Å². The highest BCUT2D eigenvalue weighted by Crippen LogP contribution is 2.37. The minimum Gasteiger partial charge on any atom is -0.457 e. The van der Waals surface area contributed by atoms with Gasteiger partial charge < -0.3 is 15.4 Å². The fourth-order valence-electron chi connectivity index (χ4n) is 4.77. The molecular formula is C27H28N6O2. The molecule has 0 spiro atoms. The Morgan fingerprint density at radius 2 is 1.74 bits per heavy atom. The highest BCUT2D eigenvalue weighted by Gasteiger charge is 2.29. The molecule has 0 saturated heterocycles. The summed E-state index contributed by atoms with van der Waals surface area (Å²) < 4.78 is 7.91. The molecule has 2 N–H and O–H groups in total. The molecule has 2 aromatic heterocycles. The summed E-state index contributed by atoms with van der Waals surface area (Å²) in [6.07, 6.45) is 6.42. The molecule has 4 aromatic rings. The number of nitrogens with zero attached hydrogens (tertiary/aromatic N) is 5. The highest BCUT2D eigenvalue weighted by atomic mass is 16.5. The number of hydrogen-bond acceptors (Lipinski definition) is 6. The minimum atomic E-state index is -0.0412. The van der Waals surface area contributed by atoms with Crippen LogP contribution in [0.15, 0.2) is 73.6 Å². The maximum Gasteiger partial charge on any atom is 0.245 e. The lowest BCUT2D eigenvalue weighted by Gasteiger charge is -2.34. The zero-order chi connectivity index (χ0) is 24.4. The Balaban J connectivity index is 1.42. The fourth-order valence-corrected chi connectivity index (χ4v) is 4.77. The number of hydrogen-bond donors (Lipinski definition) is 1. The first-order valence-electron chi connectivity index (χ1n) is 11.8. The fraction of sp³-hybridized carbons (Fsp3) is 0.259. The summed E-state index contributed by atoms with van der Waals surface area (Å²) in [5.74, 6) is 1.89. The van der Waals surface area contributed by atoms with Gasteiger partial charge in [0.05, 0.1) is 11.4 Å². The third-order valence-corrected chi connectivity index (χ3v) is 6.71. The molecule has 1 aliphatic rings. The number of carbonyl (C=O) groups excluding carboxylic acids is 1. The molecule has 1 saturated carbocycles. The van der Waals surface area contributed by atoms with Crippen LogP contribution in [0, 0.1) is 0 Å². The normalized spacial score (nSPS) is 17.7. The lowest BCUT2D eigenvalue weighted by atomic mass is 9.90. The zero-order valence-electron chi connectivity index (χ0n) is 19.7. The molecule has 0 atom stereocenters. The van der Waals surface area contributed by atoms with E-state index in [0.717, 1.165) is 59.5 Å². The van der Waals surface area contributed by atoms with Crippen molar-refractivity contribution < 1.29 is 9.53 Å². The van der Waals surface area contributed by atoms with Crippen LogP contribution in [0.25, 0.3) is 22.3 Å². The van der Waals surface area contributed by atoms with Crippen LogP contribution in [-0.2, 0) is 4.79 Å². The van der Waals surface area contributed by atoms with Crippen molar-refractivity contribution >= 4 is 22.8 Å². The van der Waals surface area contributed by atoms with Crippen LogP contribution in [0.5, 0.6) is 11.5 Å². The number of nitrogen functional groups attached to an aromatic ring is 1. The van der Waals surface area contributed by atoms with Crippen molar-refractivity contribution in [3.8, 4) is 22.8 Å². The predicted molar refractivity (Wildman–Crippen MR) is 136 cm³/mol. The number of aromatic nitrogens is 4. The summed E-state index contributed by atoms with van der Waals surface area (Å²) in [6.45, 7) is 3.60. The zero-order valence-corrected chi connectivity index (χ0v) is 19.7. The lowest BCUT2D eigenvalue weighted by Crippen LogP contribution is -2.39. The maximum absolute atomic E-state index is 12.0. The molecule has 2 aromatic carbocycles. The van der Waals surface area contributed by atoms with Crippen molar-refractivity contribution in [1.29, 1.82) is 0 Å². The molecule has 1 amide bonds. The largest absolute Gasteiger partial charge is 0.457 e. The Morgan fingerprint density at radius 3 is 2.43 bits per heavy atom. The summed E-state index contributed by atoms with van der Waals surface area (Å²) in [5.41, 5.74) is 8.70. The summed E-state index contributed by atoms with van der Waals surface area (Å²) in [7, 11) is 1.84. The van der Waals surface area contributed by atoms with E-state index in [0.29, 0.717) is 5.82 Å². The summed E-state index contributed by atoms with van der Waals surface area (Å²) in [6, 6.07) is 17.8. The first-order valence-corrected chi connectivity index (χ1v) is 11.8. The van der Waals surface area contributed by atoms with E-state index < -0.39 is 0 Å². The molecule has 0 unspecified atom stereocenters. The Morgan fingerprint density at radius 1 is 1.06 bits per heavy atom. The van der Waals surface area contributed by atoms with Crippen molar-refractivity contribution in [1.82, 2.24) is 24.6 Å². The van der Waals surface area contributed by atoms with Gasteiger partial charge in [-0.1, -0.05) is 24.8 Å². The van der Waals surface area contributed by atoms with Gasteiger partial charge in [0.25, 0.3) is 0 Å². The van der Waals surface area contributed by atoms with Crippen molar-refractivity contribution in [2.75, 3.05) is 12.8 Å². The van der Waals surface area contributed by atoms with Crippen LogP contribution in [0.3, 0.4) is 0 Å². The first kappa shape index (κ1) is 22.6. The highest BCUT2D eigenvalue weighted by molar-refractivity contribution is 5.98. The van der Waals surface area contributed by atoms with Gasteiger partial charge in [0.15, 0.2) is 5.65 Å². The van der Waals surface area contributed by atoms with Crippen LogP contribution in [0.2, 0.25) is 0 Å². The SMILES string of the molecule is C=CC(=O)N(C)[C@H]1CC[C@@H](n2nc(-c3ccc(Oc4ccccc4)cc3)c3c(N)ncnc32)CC1. The number of anilines is 1. The number of fused-ring (bicyclic) bond motifs is 1. The van der Waals surface area contributed by atoms with E-state index in [-0.39, 0.29) is 18.0 Å². The standard InChI is InChI=1S/C27H28N6O2/c1-3-23(34)32(2)19-11-13-20(14-12-19)33-27-24(26(28)29-17-30-27)25(31-33)18-9-15-22(16-10-18)35-21-7-5-4-6-8-21/h3-10,15-17,19-20H,1,11-14H2,2H3,(H2,28,29,30)/t19-,20+. The molecule has 8 heteroatoms. The van der Waals surface area contributed by atoms with Crippen LogP contribution in [0.1, 0.15) is 31.7 Å². The maximum atomic E-state index is 12.0. The number of ether oxygens (including phenoxy) is 1. The Labute approximate surface area is 204 Å². The predicted octanol–water partition coefficient (Wildman–Crippen LogP) is 5.00. The number of amides is 1. The monoisotopic (exact) mass is 468 g/mol. The second kappa shape index (κ2) is 9.58. The van der Waals surface area contributed by atoms with Crippen LogP contribution in [-0.4, -0.2) is 43.6 Å². The summed E-state index contributed by atoms with van der Waals surface area (Å²) in [5, 5.41) is 5.73. The van der Waals surface area contributed by atoms with Gasteiger partial charge in [-0.2, -0.15) is 5.10 Å². The number of carbonyl (C=O) groups is 1. The molecule has 178 valence electrons. The van der Waals surface area contributed by atoms with Crippen molar-refractivity contribution in [3.63, 3.8) is 0 Å². The molecule has 5 rings (SSSR count). The van der Waals surface area contributed by atoms with Gasteiger partial charge in [-0.25, -0.2) is 14.6 Å². The number of para-hydroxylation sites is 1. The van der Waals surface area contributed by atoms with Gasteiger partial charge in [0.2, 0.25) is 5.91 Å². The van der Waals surface area contributed by atoms with Gasteiger partial charge in [0, 0.05) is 18.7 Å². The summed E-state index contributed by atoms with van der Waals surface area (Å²) >= 11 is 0. The van der Waals surface area contributed by atoms with Gasteiger partial charge in [0.1, 0.15) is 29.3 Å². The lowest BCUT2D eigenvalue weighted by molar-refractivity contribution is -0.127. The molecule has 35 heavy (non-hydrogen) atoms. The van der Waals surface area contributed by atoms with E-state index in [1.807, 2.05) is 66.3 Å². The van der Waals surface area contributed by atoms with E-state index in [4.69, 9.17) is 15.6 Å². The molecular weight excluding hydrogens is 440 g/mol. The number of benzene rings is 2.